The Morgan fingerprint density at radius 1 is 1.09 bits per heavy atom. The van der Waals surface area contributed by atoms with Crippen molar-refractivity contribution in [3.63, 3.8) is 0 Å². The van der Waals surface area contributed by atoms with Gasteiger partial charge in [-0.2, -0.15) is 0 Å². The van der Waals surface area contributed by atoms with Crippen molar-refractivity contribution in [2.24, 2.45) is 62.4 Å². The molecule has 4 aliphatic carbocycles. The van der Waals surface area contributed by atoms with Gasteiger partial charge in [-0.05, 0) is 79.6 Å². The molecule has 242 valence electrons. The Balaban J connectivity index is 1.64. The van der Waals surface area contributed by atoms with Crippen LogP contribution in [-0.4, -0.2) is 60.9 Å². The molecule has 1 aliphatic heterocycles. The van der Waals surface area contributed by atoms with Crippen molar-refractivity contribution in [1.82, 2.24) is 0 Å². The van der Waals surface area contributed by atoms with Gasteiger partial charge in [0.2, 0.25) is 0 Å². The molecule has 5 aliphatic rings. The number of aliphatic carboxylic acids is 1. The van der Waals surface area contributed by atoms with Crippen molar-refractivity contribution in [3.05, 3.63) is 11.6 Å². The molecular weight excluding hydrogens is 546 g/mol. The second kappa shape index (κ2) is 10.7. The van der Waals surface area contributed by atoms with E-state index in [0.717, 1.165) is 31.3 Å². The lowest BCUT2D eigenvalue weighted by atomic mass is 9.34. The molecule has 5 rings (SSSR count). The summed E-state index contributed by atoms with van der Waals surface area (Å²) in [5.74, 6) is -1.43. The zero-order valence-electron chi connectivity index (χ0n) is 27.8. The standard InChI is InChI=1S/C35H55NO7/c1-19(2)21(4)31(6)12-13-33(8)23-10-11-26-32(7)17-41-18-35(26,15-25(43-22(5)37)29(32)42-16-20(3)36)24(23)14-27(38)34(33,9)28(31)30(39)40/h14,19-21,23,25-26,28-29H,10-13,15-18,36H2,1-9H3,(H,39,40)/t20?,21-,23+,25-,26+,28-,29+,31-,32-,33-,34+,35+/m1/s1. The van der Waals surface area contributed by atoms with Crippen LogP contribution in [0, 0.1) is 56.7 Å². The van der Waals surface area contributed by atoms with Crippen molar-refractivity contribution in [3.8, 4) is 0 Å². The second-order valence-electron chi connectivity index (χ2n) is 16.3. The Labute approximate surface area is 257 Å². The first kappa shape index (κ1) is 32.6. The summed E-state index contributed by atoms with van der Waals surface area (Å²) < 4.78 is 18.9. The van der Waals surface area contributed by atoms with Crippen LogP contribution in [0.4, 0.5) is 0 Å². The van der Waals surface area contributed by atoms with E-state index in [2.05, 4.69) is 41.5 Å². The highest BCUT2D eigenvalue weighted by molar-refractivity contribution is 6.00. The fraction of sp³-hybridized carbons (Fsp3) is 0.857. The van der Waals surface area contributed by atoms with E-state index in [4.69, 9.17) is 19.9 Å². The molecule has 0 aromatic rings. The van der Waals surface area contributed by atoms with E-state index >= 15 is 0 Å². The average Bonchev–Trinajstić information content (AvgIpc) is 2.89. The third kappa shape index (κ3) is 4.43. The van der Waals surface area contributed by atoms with Gasteiger partial charge in [-0.15, -0.1) is 0 Å². The highest BCUT2D eigenvalue weighted by Crippen LogP contribution is 2.74. The van der Waals surface area contributed by atoms with Crippen LogP contribution < -0.4 is 5.73 Å². The number of fused-ring (bicyclic) bond motifs is 3. The molecule has 8 heteroatoms. The van der Waals surface area contributed by atoms with Crippen LogP contribution in [0.5, 0.6) is 0 Å². The maximum absolute atomic E-state index is 14.7. The molecule has 43 heavy (non-hydrogen) atoms. The number of carboxylic acids is 1. The zero-order chi connectivity index (χ0) is 31.9. The minimum Gasteiger partial charge on any atom is -0.481 e. The molecule has 0 amide bonds. The predicted molar refractivity (Wildman–Crippen MR) is 163 cm³/mol. The molecule has 0 radical (unpaired) electrons. The van der Waals surface area contributed by atoms with E-state index in [1.54, 1.807) is 0 Å². The molecule has 4 fully saturated rings. The third-order valence-corrected chi connectivity index (χ3v) is 13.8. The molecule has 1 unspecified atom stereocenters. The fourth-order valence-corrected chi connectivity index (χ4v) is 11.2. The SMILES string of the molecule is CC(=O)O[C@@H]1C[C@@]23COC[C@](C)([C@@H]2CC[C@H]2C3=CC(=O)[C@@]3(C)[C@H](C(=O)O)[C@@](C)([C@H](C)C(C)C)CC[C@]23C)[C@H]1OCC(C)N. The number of nitrogens with two attached hydrogens (primary N) is 1. The second-order valence-corrected chi connectivity index (χ2v) is 16.3. The zero-order valence-corrected chi connectivity index (χ0v) is 27.8. The van der Waals surface area contributed by atoms with Crippen LogP contribution in [-0.2, 0) is 28.6 Å². The fourth-order valence-electron chi connectivity index (χ4n) is 11.2. The molecule has 0 aromatic heterocycles. The minimum atomic E-state index is -1.04. The number of ether oxygens (including phenoxy) is 3. The molecule has 12 atom stereocenters. The lowest BCUT2D eigenvalue weighted by molar-refractivity contribution is -0.266. The first-order valence-corrected chi connectivity index (χ1v) is 16.5. The van der Waals surface area contributed by atoms with Crippen LogP contribution in [0.25, 0.3) is 0 Å². The van der Waals surface area contributed by atoms with Crippen LogP contribution in [0.1, 0.15) is 94.4 Å². The molecule has 1 heterocycles. The summed E-state index contributed by atoms with van der Waals surface area (Å²) in [7, 11) is 0. The van der Waals surface area contributed by atoms with Crippen molar-refractivity contribution in [2.45, 2.75) is 113 Å². The van der Waals surface area contributed by atoms with E-state index in [1.807, 2.05) is 19.9 Å². The first-order valence-electron chi connectivity index (χ1n) is 16.5. The van der Waals surface area contributed by atoms with E-state index < -0.39 is 45.1 Å². The lowest BCUT2D eigenvalue weighted by Gasteiger charge is -2.70. The molecule has 3 N–H and O–H groups in total. The van der Waals surface area contributed by atoms with E-state index in [1.165, 1.54) is 6.92 Å². The number of carbonyl (C=O) groups excluding carboxylic acids is 2. The summed E-state index contributed by atoms with van der Waals surface area (Å²) in [4.78, 5) is 40.4. The van der Waals surface area contributed by atoms with Crippen molar-refractivity contribution in [1.29, 1.82) is 0 Å². The number of hydrogen-bond acceptors (Lipinski definition) is 7. The predicted octanol–water partition coefficient (Wildman–Crippen LogP) is 5.42. The quantitative estimate of drug-likeness (QED) is 0.371. The number of esters is 1. The summed E-state index contributed by atoms with van der Waals surface area (Å²) in [6.45, 7) is 19.5. The Bertz CT molecular complexity index is 1200. The van der Waals surface area contributed by atoms with Crippen LogP contribution in [0.3, 0.4) is 0 Å². The molecule has 0 aromatic carbocycles. The van der Waals surface area contributed by atoms with Gasteiger partial charge >= 0.3 is 11.9 Å². The van der Waals surface area contributed by atoms with Gasteiger partial charge in [-0.25, -0.2) is 0 Å². The normalized spacial score (nSPS) is 47.0. The highest BCUT2D eigenvalue weighted by atomic mass is 16.6. The number of hydrogen-bond donors (Lipinski definition) is 2. The summed E-state index contributed by atoms with van der Waals surface area (Å²) in [6, 6.07) is -0.164. The van der Waals surface area contributed by atoms with Gasteiger partial charge in [0.15, 0.2) is 5.78 Å². The largest absolute Gasteiger partial charge is 0.481 e. The maximum atomic E-state index is 14.7. The van der Waals surface area contributed by atoms with Gasteiger partial charge in [-0.3, -0.25) is 14.4 Å². The average molecular weight is 602 g/mol. The van der Waals surface area contributed by atoms with Gasteiger partial charge in [0, 0.05) is 29.2 Å². The van der Waals surface area contributed by atoms with Gasteiger partial charge in [-0.1, -0.05) is 54.0 Å². The van der Waals surface area contributed by atoms with E-state index in [9.17, 15) is 19.5 Å². The highest BCUT2D eigenvalue weighted by Gasteiger charge is 2.74. The number of carbonyl (C=O) groups is 3. The van der Waals surface area contributed by atoms with Crippen molar-refractivity contribution >= 4 is 17.7 Å². The molecule has 3 saturated carbocycles. The monoisotopic (exact) mass is 601 g/mol. The molecular formula is C35H55NO7. The summed E-state index contributed by atoms with van der Waals surface area (Å²) >= 11 is 0. The van der Waals surface area contributed by atoms with Gasteiger partial charge in [0.1, 0.15) is 12.2 Å². The van der Waals surface area contributed by atoms with E-state index in [-0.39, 0.29) is 41.7 Å². The molecule has 8 nitrogen and oxygen atoms in total. The number of ketones is 1. The van der Waals surface area contributed by atoms with Crippen LogP contribution >= 0.6 is 0 Å². The molecule has 1 saturated heterocycles. The maximum Gasteiger partial charge on any atom is 0.308 e. The Morgan fingerprint density at radius 3 is 2.35 bits per heavy atom. The Morgan fingerprint density at radius 2 is 1.77 bits per heavy atom. The van der Waals surface area contributed by atoms with Gasteiger partial charge in [0.05, 0.1) is 25.7 Å². The van der Waals surface area contributed by atoms with Gasteiger partial charge in [0.25, 0.3) is 0 Å². The topological polar surface area (TPSA) is 125 Å². The molecule has 0 spiro atoms. The summed E-state index contributed by atoms with van der Waals surface area (Å²) in [5.41, 5.74) is 4.16. The summed E-state index contributed by atoms with van der Waals surface area (Å²) in [6.07, 6.45) is 4.85. The third-order valence-electron chi connectivity index (χ3n) is 13.8. The minimum absolute atomic E-state index is 0.0395. The number of rotatable bonds is 7. The first-order chi connectivity index (χ1) is 19.9. The van der Waals surface area contributed by atoms with Crippen LogP contribution in [0.15, 0.2) is 11.6 Å². The molecule has 2 bridgehead atoms. The summed E-state index contributed by atoms with van der Waals surface area (Å²) in [5, 5.41) is 10.9. The lowest BCUT2D eigenvalue weighted by Crippen LogP contribution is -2.71. The Kier molecular flexibility index (Phi) is 8.08. The number of allylic oxidation sites excluding steroid dienone is 1. The van der Waals surface area contributed by atoms with Crippen molar-refractivity contribution in [2.75, 3.05) is 19.8 Å². The van der Waals surface area contributed by atoms with Crippen molar-refractivity contribution < 1.29 is 33.7 Å². The van der Waals surface area contributed by atoms with E-state index in [0.29, 0.717) is 32.2 Å². The smallest absolute Gasteiger partial charge is 0.308 e. The number of carboxylic acid groups (broad SMARTS) is 1. The Hall–Kier alpha value is -1.77. The van der Waals surface area contributed by atoms with Gasteiger partial charge < -0.3 is 25.1 Å². The van der Waals surface area contributed by atoms with Crippen LogP contribution in [0.2, 0.25) is 0 Å².